The smallest absolute Gasteiger partial charge is 0.303 e. The fourth-order valence-electron chi connectivity index (χ4n) is 3.59. The van der Waals surface area contributed by atoms with E-state index in [0.29, 0.717) is 22.5 Å². The molecule has 1 unspecified atom stereocenters. The van der Waals surface area contributed by atoms with Crippen LogP contribution >= 0.6 is 0 Å². The summed E-state index contributed by atoms with van der Waals surface area (Å²) in [7, 11) is 0. The van der Waals surface area contributed by atoms with Gasteiger partial charge in [0, 0.05) is 24.2 Å². The minimum absolute atomic E-state index is 0.0705. The lowest BCUT2D eigenvalue weighted by Gasteiger charge is -2.11. The summed E-state index contributed by atoms with van der Waals surface area (Å²) in [6, 6.07) is 18.9. The van der Waals surface area contributed by atoms with Gasteiger partial charge in [0.2, 0.25) is 5.91 Å². The van der Waals surface area contributed by atoms with E-state index in [4.69, 9.17) is 9.84 Å². The summed E-state index contributed by atoms with van der Waals surface area (Å²) in [5.74, 6) is -0.413. The first-order valence-corrected chi connectivity index (χ1v) is 10.3. The molecule has 1 N–H and O–H groups in total. The number of pyridine rings is 1. The van der Waals surface area contributed by atoms with Gasteiger partial charge in [-0.1, -0.05) is 49.4 Å². The van der Waals surface area contributed by atoms with Gasteiger partial charge >= 0.3 is 5.97 Å². The standard InChI is InChI=1S/C25H23N3O4/c1-16(12-23(30)31)19-8-10-21(11-9-19)32-15-18-13-22-25(26-14-18)24(27-28(22)17(2)29)20-6-4-3-5-7-20/h3-11,13-14,16H,12,15H2,1-2H3,(H,30,31). The van der Waals surface area contributed by atoms with Crippen LogP contribution in [-0.2, 0) is 11.4 Å². The molecule has 4 aromatic rings. The number of hydrogen-bond acceptors (Lipinski definition) is 5. The molecular formula is C25H23N3O4. The Hall–Kier alpha value is -4.00. The molecule has 2 aromatic heterocycles. The second kappa shape index (κ2) is 9.01. The fourth-order valence-corrected chi connectivity index (χ4v) is 3.59. The van der Waals surface area contributed by atoms with Crippen molar-refractivity contribution in [3.63, 3.8) is 0 Å². The number of ether oxygens (including phenoxy) is 1. The monoisotopic (exact) mass is 429 g/mol. The molecule has 0 aliphatic rings. The maximum absolute atomic E-state index is 12.2. The molecule has 0 saturated carbocycles. The van der Waals surface area contributed by atoms with Gasteiger partial charge < -0.3 is 9.84 Å². The largest absolute Gasteiger partial charge is 0.489 e. The lowest BCUT2D eigenvalue weighted by molar-refractivity contribution is -0.137. The van der Waals surface area contributed by atoms with Crippen LogP contribution in [0, 0.1) is 0 Å². The normalized spacial score (nSPS) is 11.9. The van der Waals surface area contributed by atoms with E-state index in [-0.39, 0.29) is 24.9 Å². The van der Waals surface area contributed by atoms with Crippen LogP contribution in [0.4, 0.5) is 0 Å². The maximum Gasteiger partial charge on any atom is 0.303 e. The van der Waals surface area contributed by atoms with Crippen molar-refractivity contribution in [2.24, 2.45) is 0 Å². The molecular weight excluding hydrogens is 406 g/mol. The van der Waals surface area contributed by atoms with Crippen LogP contribution in [0.15, 0.2) is 66.9 Å². The third-order valence-electron chi connectivity index (χ3n) is 5.26. The molecule has 162 valence electrons. The highest BCUT2D eigenvalue weighted by Gasteiger charge is 2.17. The highest BCUT2D eigenvalue weighted by molar-refractivity contribution is 5.96. The maximum atomic E-state index is 12.2. The molecule has 0 aliphatic carbocycles. The first kappa shape index (κ1) is 21.2. The predicted molar refractivity (Wildman–Crippen MR) is 121 cm³/mol. The van der Waals surface area contributed by atoms with Crippen molar-refractivity contribution in [2.45, 2.75) is 32.8 Å². The van der Waals surface area contributed by atoms with Crippen molar-refractivity contribution in [3.8, 4) is 17.0 Å². The van der Waals surface area contributed by atoms with Crippen molar-refractivity contribution < 1.29 is 19.4 Å². The summed E-state index contributed by atoms with van der Waals surface area (Å²) in [5, 5.41) is 13.4. The van der Waals surface area contributed by atoms with E-state index in [1.165, 1.54) is 11.6 Å². The Morgan fingerprint density at radius 2 is 1.81 bits per heavy atom. The second-order valence-corrected chi connectivity index (χ2v) is 7.71. The molecule has 0 radical (unpaired) electrons. The van der Waals surface area contributed by atoms with Gasteiger partial charge in [0.05, 0.1) is 11.9 Å². The Kier molecular flexibility index (Phi) is 5.98. The second-order valence-electron chi connectivity index (χ2n) is 7.71. The summed E-state index contributed by atoms with van der Waals surface area (Å²) >= 11 is 0. The van der Waals surface area contributed by atoms with Crippen LogP contribution < -0.4 is 4.74 Å². The zero-order valence-corrected chi connectivity index (χ0v) is 17.9. The number of aromatic nitrogens is 3. The molecule has 1 atom stereocenters. The van der Waals surface area contributed by atoms with Crippen LogP contribution in [0.5, 0.6) is 5.75 Å². The van der Waals surface area contributed by atoms with E-state index >= 15 is 0 Å². The highest BCUT2D eigenvalue weighted by Crippen LogP contribution is 2.27. The third kappa shape index (κ3) is 4.51. The van der Waals surface area contributed by atoms with Crippen LogP contribution in [0.3, 0.4) is 0 Å². The number of aliphatic carboxylic acids is 1. The Balaban J connectivity index is 1.55. The molecule has 0 aliphatic heterocycles. The van der Waals surface area contributed by atoms with Crippen molar-refractivity contribution in [1.82, 2.24) is 14.8 Å². The predicted octanol–water partition coefficient (Wildman–Crippen LogP) is 4.92. The number of carboxylic acids is 1. The molecule has 32 heavy (non-hydrogen) atoms. The quantitative estimate of drug-likeness (QED) is 0.448. The topological polar surface area (TPSA) is 94.3 Å². The number of carbonyl (C=O) groups excluding carboxylic acids is 1. The average molecular weight is 429 g/mol. The summed E-state index contributed by atoms with van der Waals surface area (Å²) < 4.78 is 7.25. The first-order valence-electron chi connectivity index (χ1n) is 10.3. The Labute approximate surface area is 185 Å². The lowest BCUT2D eigenvalue weighted by Crippen LogP contribution is -2.07. The molecule has 2 heterocycles. The van der Waals surface area contributed by atoms with Crippen molar-refractivity contribution in [2.75, 3.05) is 0 Å². The minimum atomic E-state index is -0.819. The Morgan fingerprint density at radius 1 is 1.09 bits per heavy atom. The number of carbonyl (C=O) groups is 2. The van der Waals surface area contributed by atoms with Gasteiger partial charge in [0.1, 0.15) is 23.6 Å². The summed E-state index contributed by atoms with van der Waals surface area (Å²) in [6.07, 6.45) is 1.81. The zero-order chi connectivity index (χ0) is 22.7. The molecule has 0 saturated heterocycles. The summed E-state index contributed by atoms with van der Waals surface area (Å²) in [4.78, 5) is 27.6. The average Bonchev–Trinajstić information content (AvgIpc) is 3.17. The highest BCUT2D eigenvalue weighted by atomic mass is 16.5. The molecule has 7 nitrogen and oxygen atoms in total. The lowest BCUT2D eigenvalue weighted by atomic mass is 9.98. The molecule has 0 spiro atoms. The molecule has 0 amide bonds. The Morgan fingerprint density at radius 3 is 2.47 bits per heavy atom. The van der Waals surface area contributed by atoms with Crippen LogP contribution in [0.1, 0.15) is 42.1 Å². The van der Waals surface area contributed by atoms with Gasteiger partial charge in [-0.05, 0) is 29.7 Å². The van der Waals surface area contributed by atoms with Crippen LogP contribution in [-0.4, -0.2) is 31.7 Å². The third-order valence-corrected chi connectivity index (χ3v) is 5.26. The van der Waals surface area contributed by atoms with E-state index < -0.39 is 5.97 Å². The van der Waals surface area contributed by atoms with Crippen LogP contribution in [0.2, 0.25) is 0 Å². The Bertz CT molecular complexity index is 1260. The number of fused-ring (bicyclic) bond motifs is 1. The number of nitrogens with zero attached hydrogens (tertiary/aromatic N) is 3. The fraction of sp³-hybridized carbons (Fsp3) is 0.200. The van der Waals surface area contributed by atoms with Crippen molar-refractivity contribution in [3.05, 3.63) is 78.0 Å². The SMILES string of the molecule is CC(=O)n1nc(-c2ccccc2)c2ncc(COc3ccc(C(C)CC(=O)O)cc3)cc21. The molecule has 0 fully saturated rings. The number of rotatable bonds is 7. The molecule has 0 bridgehead atoms. The van der Waals surface area contributed by atoms with Crippen LogP contribution in [0.25, 0.3) is 22.3 Å². The molecule has 7 heteroatoms. The minimum Gasteiger partial charge on any atom is -0.489 e. The van der Waals surface area contributed by atoms with Gasteiger partial charge in [-0.25, -0.2) is 0 Å². The van der Waals surface area contributed by atoms with E-state index in [1.54, 1.807) is 6.20 Å². The van der Waals surface area contributed by atoms with E-state index in [2.05, 4.69) is 10.1 Å². The van der Waals surface area contributed by atoms with Gasteiger partial charge in [0.15, 0.2) is 0 Å². The number of carboxylic acid groups (broad SMARTS) is 1. The van der Waals surface area contributed by atoms with E-state index in [0.717, 1.165) is 16.7 Å². The van der Waals surface area contributed by atoms with Gasteiger partial charge in [-0.15, -0.1) is 0 Å². The van der Waals surface area contributed by atoms with E-state index in [9.17, 15) is 9.59 Å². The van der Waals surface area contributed by atoms with Crippen molar-refractivity contribution in [1.29, 1.82) is 0 Å². The summed E-state index contributed by atoms with van der Waals surface area (Å²) in [6.45, 7) is 3.63. The molecule has 2 aromatic carbocycles. The summed E-state index contributed by atoms with van der Waals surface area (Å²) in [5.41, 5.74) is 4.60. The van der Waals surface area contributed by atoms with Gasteiger partial charge in [-0.2, -0.15) is 9.78 Å². The number of benzene rings is 2. The van der Waals surface area contributed by atoms with Gasteiger partial charge in [0.25, 0.3) is 0 Å². The van der Waals surface area contributed by atoms with E-state index in [1.807, 2.05) is 67.6 Å². The molecule has 4 rings (SSSR count). The first-order chi connectivity index (χ1) is 15.4. The van der Waals surface area contributed by atoms with Crippen molar-refractivity contribution >= 4 is 22.9 Å². The zero-order valence-electron chi connectivity index (χ0n) is 17.9. The van der Waals surface area contributed by atoms with Gasteiger partial charge in [-0.3, -0.25) is 14.6 Å². The number of hydrogen-bond donors (Lipinski definition) is 1.